The van der Waals surface area contributed by atoms with Crippen molar-refractivity contribution < 1.29 is 18.7 Å². The first kappa shape index (κ1) is 19.7. The van der Waals surface area contributed by atoms with Crippen molar-refractivity contribution in [3.8, 4) is 22.8 Å². The number of esters is 1. The molecule has 2 aromatic carbocycles. The highest BCUT2D eigenvalue weighted by Gasteiger charge is 2.21. The smallest absolute Gasteiger partial charge is 0.311 e. The molecule has 0 N–H and O–H groups in total. The van der Waals surface area contributed by atoms with Crippen molar-refractivity contribution in [1.82, 2.24) is 0 Å². The third-order valence-electron chi connectivity index (χ3n) is 4.77. The van der Waals surface area contributed by atoms with Gasteiger partial charge in [-0.15, -0.1) is 0 Å². The van der Waals surface area contributed by atoms with E-state index in [1.807, 2.05) is 26.8 Å². The van der Waals surface area contributed by atoms with Crippen LogP contribution in [0.25, 0.3) is 22.3 Å². The van der Waals surface area contributed by atoms with Gasteiger partial charge in [0.1, 0.15) is 11.3 Å². The number of ether oxygens (including phenoxy) is 2. The molecule has 0 saturated carbocycles. The summed E-state index contributed by atoms with van der Waals surface area (Å²) in [6.45, 7) is 5.88. The summed E-state index contributed by atoms with van der Waals surface area (Å²) in [5.41, 5.74) is 2.74. The summed E-state index contributed by atoms with van der Waals surface area (Å²) in [4.78, 5) is 25.4. The Morgan fingerprint density at radius 1 is 1.07 bits per heavy atom. The summed E-state index contributed by atoms with van der Waals surface area (Å²) in [5, 5.41) is 0.402. The third kappa shape index (κ3) is 3.93. The highest BCUT2D eigenvalue weighted by atomic mass is 16.5. The van der Waals surface area contributed by atoms with Crippen LogP contribution in [0.3, 0.4) is 0 Å². The fourth-order valence-corrected chi connectivity index (χ4v) is 2.94. The number of carbonyl (C=O) groups excluding carboxylic acids is 1. The van der Waals surface area contributed by atoms with E-state index in [2.05, 4.69) is 0 Å². The zero-order chi connectivity index (χ0) is 20.3. The standard InChI is InChI=1S/C23H24O5/c1-5-6-7-20(24)28-23-21(25)18-12-14(2)15(3)13-19(18)27-22(23)16-8-10-17(26-4)11-9-16/h8-13H,5-7H2,1-4H3. The van der Waals surface area contributed by atoms with E-state index in [9.17, 15) is 9.59 Å². The van der Waals surface area contributed by atoms with Crippen LogP contribution in [0.4, 0.5) is 0 Å². The van der Waals surface area contributed by atoms with Gasteiger partial charge in [0.05, 0.1) is 12.5 Å². The quantitative estimate of drug-likeness (QED) is 0.551. The number of rotatable bonds is 6. The maximum atomic E-state index is 13.2. The number of hydrogen-bond donors (Lipinski definition) is 0. The predicted octanol–water partition coefficient (Wildman–Crippen LogP) is 5.18. The minimum Gasteiger partial charge on any atom is -0.497 e. The summed E-state index contributed by atoms with van der Waals surface area (Å²) in [5.74, 6) is 0.419. The van der Waals surface area contributed by atoms with Crippen molar-refractivity contribution in [3.63, 3.8) is 0 Å². The molecule has 0 fully saturated rings. The summed E-state index contributed by atoms with van der Waals surface area (Å²) >= 11 is 0. The lowest BCUT2D eigenvalue weighted by molar-refractivity contribution is -0.134. The highest BCUT2D eigenvalue weighted by molar-refractivity contribution is 5.85. The normalized spacial score (nSPS) is 10.9. The van der Waals surface area contributed by atoms with Crippen LogP contribution in [0.1, 0.15) is 37.3 Å². The molecule has 5 heteroatoms. The first-order valence-electron chi connectivity index (χ1n) is 9.37. The van der Waals surface area contributed by atoms with E-state index in [1.54, 1.807) is 37.4 Å². The number of carbonyl (C=O) groups is 1. The van der Waals surface area contributed by atoms with Crippen LogP contribution in [-0.2, 0) is 4.79 Å². The van der Waals surface area contributed by atoms with Crippen molar-refractivity contribution in [2.45, 2.75) is 40.0 Å². The summed E-state index contributed by atoms with van der Waals surface area (Å²) in [7, 11) is 1.58. The van der Waals surface area contributed by atoms with Crippen LogP contribution in [-0.4, -0.2) is 13.1 Å². The molecule has 0 bridgehead atoms. The van der Waals surface area contributed by atoms with E-state index in [0.717, 1.165) is 17.5 Å². The number of hydrogen-bond acceptors (Lipinski definition) is 5. The van der Waals surface area contributed by atoms with Crippen LogP contribution in [0.5, 0.6) is 11.5 Å². The van der Waals surface area contributed by atoms with Gasteiger partial charge in [-0.25, -0.2) is 0 Å². The SMILES string of the molecule is CCCCC(=O)Oc1c(-c2ccc(OC)cc2)oc2cc(C)c(C)cc2c1=O. The molecule has 1 aromatic heterocycles. The van der Waals surface area contributed by atoms with Gasteiger partial charge in [-0.1, -0.05) is 13.3 Å². The van der Waals surface area contributed by atoms with Crippen LogP contribution in [0, 0.1) is 13.8 Å². The van der Waals surface area contributed by atoms with Gasteiger partial charge in [0.25, 0.3) is 0 Å². The molecule has 0 aliphatic carbocycles. The van der Waals surface area contributed by atoms with Crippen LogP contribution in [0.2, 0.25) is 0 Å². The Hall–Kier alpha value is -3.08. The minimum absolute atomic E-state index is 0.0676. The summed E-state index contributed by atoms with van der Waals surface area (Å²) < 4.78 is 16.7. The van der Waals surface area contributed by atoms with Gasteiger partial charge in [-0.3, -0.25) is 9.59 Å². The lowest BCUT2D eigenvalue weighted by Crippen LogP contribution is -2.16. The van der Waals surface area contributed by atoms with Crippen LogP contribution in [0.15, 0.2) is 45.6 Å². The second-order valence-electron chi connectivity index (χ2n) is 6.83. The van der Waals surface area contributed by atoms with E-state index < -0.39 is 5.97 Å². The molecule has 146 valence electrons. The Morgan fingerprint density at radius 3 is 2.39 bits per heavy atom. The van der Waals surface area contributed by atoms with Crippen molar-refractivity contribution in [1.29, 1.82) is 0 Å². The Bertz CT molecular complexity index is 1060. The second-order valence-corrected chi connectivity index (χ2v) is 6.83. The van der Waals surface area contributed by atoms with Crippen molar-refractivity contribution in [2.75, 3.05) is 7.11 Å². The third-order valence-corrected chi connectivity index (χ3v) is 4.77. The van der Waals surface area contributed by atoms with E-state index in [0.29, 0.717) is 28.7 Å². The molecule has 0 unspecified atom stereocenters. The molecule has 3 aromatic rings. The summed E-state index contributed by atoms with van der Waals surface area (Å²) in [6, 6.07) is 10.7. The van der Waals surface area contributed by atoms with E-state index in [1.165, 1.54) is 0 Å². The van der Waals surface area contributed by atoms with Gasteiger partial charge >= 0.3 is 5.97 Å². The van der Waals surface area contributed by atoms with Gasteiger partial charge in [-0.2, -0.15) is 0 Å². The molecule has 0 aliphatic rings. The average molecular weight is 380 g/mol. The highest BCUT2D eigenvalue weighted by Crippen LogP contribution is 2.33. The lowest BCUT2D eigenvalue weighted by atomic mass is 10.0. The first-order chi connectivity index (χ1) is 13.4. The molecule has 0 spiro atoms. The van der Waals surface area contributed by atoms with Crippen LogP contribution >= 0.6 is 0 Å². The van der Waals surface area contributed by atoms with Crippen LogP contribution < -0.4 is 14.9 Å². The maximum Gasteiger partial charge on any atom is 0.311 e. The fourth-order valence-electron chi connectivity index (χ4n) is 2.94. The largest absolute Gasteiger partial charge is 0.497 e. The van der Waals surface area contributed by atoms with Crippen molar-refractivity contribution in [2.24, 2.45) is 0 Å². The topological polar surface area (TPSA) is 65.7 Å². The maximum absolute atomic E-state index is 13.2. The first-order valence-corrected chi connectivity index (χ1v) is 9.37. The number of unbranched alkanes of at least 4 members (excludes halogenated alkanes) is 1. The van der Waals surface area contributed by atoms with Gasteiger partial charge in [0.15, 0.2) is 5.76 Å². The predicted molar refractivity (Wildman–Crippen MR) is 109 cm³/mol. The molecule has 0 atom stereocenters. The number of methoxy groups -OCH3 is 1. The molecule has 5 nitrogen and oxygen atoms in total. The molecule has 0 saturated heterocycles. The number of benzene rings is 2. The molecular formula is C23H24O5. The summed E-state index contributed by atoms with van der Waals surface area (Å²) in [6.07, 6.45) is 1.82. The Labute approximate surface area is 163 Å². The van der Waals surface area contributed by atoms with Crippen molar-refractivity contribution >= 4 is 16.9 Å². The zero-order valence-corrected chi connectivity index (χ0v) is 16.6. The van der Waals surface area contributed by atoms with E-state index >= 15 is 0 Å². The second kappa shape index (κ2) is 8.30. The number of aryl methyl sites for hydroxylation is 2. The molecule has 28 heavy (non-hydrogen) atoms. The van der Waals surface area contributed by atoms with E-state index in [4.69, 9.17) is 13.9 Å². The monoisotopic (exact) mass is 380 g/mol. The fraction of sp³-hybridized carbons (Fsp3) is 0.304. The van der Waals surface area contributed by atoms with Crippen molar-refractivity contribution in [3.05, 3.63) is 57.7 Å². The molecule has 1 heterocycles. The van der Waals surface area contributed by atoms with Gasteiger partial charge in [-0.05, 0) is 67.8 Å². The Kier molecular flexibility index (Phi) is 5.83. The molecule has 3 rings (SSSR count). The number of fused-ring (bicyclic) bond motifs is 1. The van der Waals surface area contributed by atoms with Gasteiger partial charge in [0.2, 0.25) is 11.2 Å². The van der Waals surface area contributed by atoms with Gasteiger partial charge in [0, 0.05) is 12.0 Å². The lowest BCUT2D eigenvalue weighted by Gasteiger charge is -2.12. The average Bonchev–Trinajstić information content (AvgIpc) is 2.70. The Balaban J connectivity index is 2.20. The molecule has 0 amide bonds. The van der Waals surface area contributed by atoms with Gasteiger partial charge < -0.3 is 13.9 Å². The molecule has 0 aliphatic heterocycles. The Morgan fingerprint density at radius 2 is 1.75 bits per heavy atom. The molecule has 0 radical (unpaired) electrons. The zero-order valence-electron chi connectivity index (χ0n) is 16.6. The van der Waals surface area contributed by atoms with E-state index in [-0.39, 0.29) is 23.4 Å². The molecular weight excluding hydrogens is 356 g/mol. The minimum atomic E-state index is -0.438.